The van der Waals surface area contributed by atoms with Crippen molar-refractivity contribution in [3.63, 3.8) is 0 Å². The summed E-state index contributed by atoms with van der Waals surface area (Å²) in [6.07, 6.45) is 2.85. The molecule has 2 aliphatic rings. The van der Waals surface area contributed by atoms with Gasteiger partial charge >= 0.3 is 0 Å². The number of amides is 1. The van der Waals surface area contributed by atoms with Crippen molar-refractivity contribution in [1.82, 2.24) is 20.1 Å². The molecule has 2 atom stereocenters. The second-order valence-corrected chi connectivity index (χ2v) is 7.35. The Hall–Kier alpha value is -2.05. The van der Waals surface area contributed by atoms with Gasteiger partial charge in [-0.1, -0.05) is 35.9 Å². The lowest BCUT2D eigenvalue weighted by Gasteiger charge is -2.18. The van der Waals surface area contributed by atoms with Crippen LogP contribution in [0.5, 0.6) is 5.75 Å². The zero-order chi connectivity index (χ0) is 18.3. The van der Waals surface area contributed by atoms with Crippen molar-refractivity contribution in [2.24, 2.45) is 0 Å². The molecule has 1 aromatic carbocycles. The number of nitrogens with zero attached hydrogens (tertiary/aromatic N) is 3. The van der Waals surface area contributed by atoms with E-state index in [4.69, 9.17) is 27.9 Å². The maximum atomic E-state index is 11.5. The van der Waals surface area contributed by atoms with Crippen molar-refractivity contribution in [3.05, 3.63) is 52.0 Å². The van der Waals surface area contributed by atoms with Crippen LogP contribution in [0.1, 0.15) is 35.5 Å². The molecule has 0 aliphatic carbocycles. The van der Waals surface area contributed by atoms with Crippen molar-refractivity contribution < 1.29 is 9.53 Å². The van der Waals surface area contributed by atoms with Crippen LogP contribution in [0.2, 0.25) is 10.0 Å². The van der Waals surface area contributed by atoms with E-state index < -0.39 is 0 Å². The Bertz CT molecular complexity index is 880. The van der Waals surface area contributed by atoms with Crippen LogP contribution in [-0.4, -0.2) is 33.8 Å². The van der Waals surface area contributed by atoms with Gasteiger partial charge in [-0.15, -0.1) is 10.2 Å². The lowest BCUT2D eigenvalue weighted by atomic mass is 9.96. The molecule has 6 nitrogen and oxygen atoms in total. The van der Waals surface area contributed by atoms with Crippen LogP contribution in [0.3, 0.4) is 0 Å². The van der Waals surface area contributed by atoms with Crippen LogP contribution in [0.15, 0.2) is 24.8 Å². The first-order valence-electron chi connectivity index (χ1n) is 8.48. The fourth-order valence-electron chi connectivity index (χ4n) is 3.69. The van der Waals surface area contributed by atoms with Crippen molar-refractivity contribution in [1.29, 1.82) is 0 Å². The number of ether oxygens (including phenoxy) is 1. The van der Waals surface area contributed by atoms with Gasteiger partial charge in [0.15, 0.2) is 0 Å². The van der Waals surface area contributed by atoms with Gasteiger partial charge < -0.3 is 14.6 Å². The van der Waals surface area contributed by atoms with Crippen molar-refractivity contribution >= 4 is 29.1 Å². The number of carbonyl (C=O) groups excluding carboxylic acids is 1. The van der Waals surface area contributed by atoms with Crippen molar-refractivity contribution in [2.75, 3.05) is 13.2 Å². The van der Waals surface area contributed by atoms with E-state index in [1.165, 1.54) is 0 Å². The van der Waals surface area contributed by atoms with Gasteiger partial charge in [-0.05, 0) is 12.1 Å². The second-order valence-electron chi connectivity index (χ2n) is 6.56. The third kappa shape index (κ3) is 2.97. The van der Waals surface area contributed by atoms with Gasteiger partial charge in [-0.2, -0.15) is 0 Å². The number of benzene rings is 1. The summed E-state index contributed by atoms with van der Waals surface area (Å²) in [4.78, 5) is 11.5. The zero-order valence-electron chi connectivity index (χ0n) is 14.0. The lowest BCUT2D eigenvalue weighted by molar-refractivity contribution is -0.119. The fraction of sp³-hybridized carbons (Fsp3) is 0.389. The normalized spacial score (nSPS) is 21.5. The van der Waals surface area contributed by atoms with Crippen molar-refractivity contribution in [2.45, 2.75) is 31.2 Å². The Morgan fingerprint density at radius 1 is 1.31 bits per heavy atom. The number of hydrogen-bond donors (Lipinski definition) is 1. The maximum absolute atomic E-state index is 11.5. The Kier molecular flexibility index (Phi) is 4.63. The highest BCUT2D eigenvalue weighted by Crippen LogP contribution is 2.43. The molecule has 8 heteroatoms. The molecule has 1 saturated heterocycles. The SMILES string of the molecule is C=CCOc1ccc(Cl)c(Cl)c1[C@@H]1Cc2nnc(C3CNC(=O)C3)n2C1. The molecule has 1 amide bonds. The molecule has 2 aliphatic heterocycles. The molecule has 4 rings (SSSR count). The summed E-state index contributed by atoms with van der Waals surface area (Å²) >= 11 is 12.8. The molecule has 1 N–H and O–H groups in total. The molecule has 26 heavy (non-hydrogen) atoms. The molecule has 3 heterocycles. The van der Waals surface area contributed by atoms with E-state index >= 15 is 0 Å². The highest BCUT2D eigenvalue weighted by Gasteiger charge is 2.35. The summed E-state index contributed by atoms with van der Waals surface area (Å²) in [6, 6.07) is 3.58. The summed E-state index contributed by atoms with van der Waals surface area (Å²) in [6.45, 7) is 5.37. The Labute approximate surface area is 161 Å². The summed E-state index contributed by atoms with van der Waals surface area (Å²) in [5.74, 6) is 2.67. The van der Waals surface area contributed by atoms with Gasteiger partial charge in [0.1, 0.15) is 24.0 Å². The predicted molar refractivity (Wildman–Crippen MR) is 99.0 cm³/mol. The quantitative estimate of drug-likeness (QED) is 0.793. The molecular weight excluding hydrogens is 375 g/mol. The van der Waals surface area contributed by atoms with E-state index in [1.807, 2.05) is 6.07 Å². The molecule has 0 bridgehead atoms. The summed E-state index contributed by atoms with van der Waals surface area (Å²) in [7, 11) is 0. The van der Waals surface area contributed by atoms with E-state index in [1.54, 1.807) is 12.1 Å². The number of rotatable bonds is 5. The van der Waals surface area contributed by atoms with Crippen LogP contribution in [-0.2, 0) is 17.8 Å². The molecule has 2 aromatic rings. The Morgan fingerprint density at radius 2 is 2.15 bits per heavy atom. The van der Waals surface area contributed by atoms with Crippen molar-refractivity contribution in [3.8, 4) is 5.75 Å². The van der Waals surface area contributed by atoms with Gasteiger partial charge in [0, 0.05) is 43.3 Å². The van der Waals surface area contributed by atoms with E-state index in [-0.39, 0.29) is 17.7 Å². The second kappa shape index (κ2) is 6.93. The zero-order valence-corrected chi connectivity index (χ0v) is 15.6. The minimum absolute atomic E-state index is 0.0555. The maximum Gasteiger partial charge on any atom is 0.220 e. The predicted octanol–water partition coefficient (Wildman–Crippen LogP) is 3.09. The minimum Gasteiger partial charge on any atom is -0.489 e. The number of fused-ring (bicyclic) bond motifs is 1. The van der Waals surface area contributed by atoms with Crippen LogP contribution < -0.4 is 10.1 Å². The van der Waals surface area contributed by atoms with Gasteiger partial charge in [0.2, 0.25) is 5.91 Å². The van der Waals surface area contributed by atoms with Gasteiger partial charge in [0.25, 0.3) is 0 Å². The van der Waals surface area contributed by atoms with Crippen LogP contribution >= 0.6 is 23.2 Å². The van der Waals surface area contributed by atoms with E-state index in [0.717, 1.165) is 17.2 Å². The van der Waals surface area contributed by atoms with Crippen LogP contribution in [0, 0.1) is 0 Å². The van der Waals surface area contributed by atoms with E-state index in [2.05, 4.69) is 26.7 Å². The Morgan fingerprint density at radius 3 is 2.88 bits per heavy atom. The topological polar surface area (TPSA) is 69.0 Å². The molecule has 1 fully saturated rings. The average Bonchev–Trinajstić information content (AvgIpc) is 3.31. The molecule has 0 spiro atoms. The van der Waals surface area contributed by atoms with E-state index in [9.17, 15) is 4.79 Å². The standard InChI is InChI=1S/C18H18Cl2N4O2/c1-2-5-26-13-4-3-12(19)17(20)16(13)11-6-14-22-23-18(24(14)9-11)10-7-15(25)21-8-10/h2-4,10-11H,1,5-9H2,(H,21,25)/t10?,11-/m1/s1. The highest BCUT2D eigenvalue weighted by atomic mass is 35.5. The number of carbonyl (C=O) groups is 1. The van der Waals surface area contributed by atoms with Crippen LogP contribution in [0.4, 0.5) is 0 Å². The van der Waals surface area contributed by atoms with Gasteiger partial charge in [0.05, 0.1) is 10.0 Å². The summed E-state index contributed by atoms with van der Waals surface area (Å²) in [5.41, 5.74) is 0.887. The minimum atomic E-state index is 0.0555. The molecule has 1 unspecified atom stereocenters. The Balaban J connectivity index is 1.64. The number of hydrogen-bond acceptors (Lipinski definition) is 4. The molecule has 0 saturated carbocycles. The number of nitrogens with one attached hydrogen (secondary N) is 1. The summed E-state index contributed by atoms with van der Waals surface area (Å²) in [5, 5.41) is 12.5. The first-order valence-corrected chi connectivity index (χ1v) is 9.24. The third-order valence-electron chi connectivity index (χ3n) is 4.89. The van der Waals surface area contributed by atoms with Crippen LogP contribution in [0.25, 0.3) is 0 Å². The smallest absolute Gasteiger partial charge is 0.220 e. The van der Waals surface area contributed by atoms with E-state index in [0.29, 0.717) is 48.3 Å². The number of aromatic nitrogens is 3. The number of halogens is 2. The molecule has 136 valence electrons. The summed E-state index contributed by atoms with van der Waals surface area (Å²) < 4.78 is 7.89. The fourth-order valence-corrected chi connectivity index (χ4v) is 4.17. The molecule has 1 aromatic heterocycles. The monoisotopic (exact) mass is 392 g/mol. The average molecular weight is 393 g/mol. The highest BCUT2D eigenvalue weighted by molar-refractivity contribution is 6.42. The molecule has 0 radical (unpaired) electrons. The largest absolute Gasteiger partial charge is 0.489 e. The van der Waals surface area contributed by atoms with Gasteiger partial charge in [-0.25, -0.2) is 0 Å². The first-order chi connectivity index (χ1) is 12.6. The third-order valence-corrected chi connectivity index (χ3v) is 5.71. The lowest BCUT2D eigenvalue weighted by Crippen LogP contribution is -2.15. The molecular formula is C18H18Cl2N4O2. The first kappa shape index (κ1) is 17.4. The van der Waals surface area contributed by atoms with Gasteiger partial charge in [-0.3, -0.25) is 4.79 Å².